The van der Waals surface area contributed by atoms with E-state index in [0.717, 1.165) is 38.4 Å². The van der Waals surface area contributed by atoms with Crippen LogP contribution < -0.4 is 0 Å². The van der Waals surface area contributed by atoms with Crippen LogP contribution >= 0.6 is 0 Å². The lowest BCUT2D eigenvalue weighted by molar-refractivity contribution is 0.104. The summed E-state index contributed by atoms with van der Waals surface area (Å²) in [7, 11) is 1.70. The molecule has 0 spiro atoms. The summed E-state index contributed by atoms with van der Waals surface area (Å²) in [6, 6.07) is 5.93. The van der Waals surface area contributed by atoms with Crippen molar-refractivity contribution in [1.82, 2.24) is 4.98 Å². The summed E-state index contributed by atoms with van der Waals surface area (Å²) >= 11 is 0. The predicted octanol–water partition coefficient (Wildman–Crippen LogP) is 1.68. The van der Waals surface area contributed by atoms with Gasteiger partial charge in [-0.2, -0.15) is 0 Å². The molecule has 0 aromatic carbocycles. The number of pyridine rings is 1. The maximum absolute atomic E-state index is 5.42. The van der Waals surface area contributed by atoms with Crippen molar-refractivity contribution in [3.63, 3.8) is 0 Å². The van der Waals surface area contributed by atoms with Crippen LogP contribution in [0.4, 0.5) is 0 Å². The molecule has 0 aliphatic carbocycles. The normalized spacial score (nSPS) is 10.4. The van der Waals surface area contributed by atoms with Gasteiger partial charge in [-0.3, -0.25) is 4.98 Å². The molecule has 78 valence electrons. The molecule has 3 heteroatoms. The second-order valence-corrected chi connectivity index (χ2v) is 3.03. The Balaban J connectivity index is 1.99. The molecule has 1 aromatic heterocycles. The second-order valence-electron chi connectivity index (χ2n) is 3.03. The first-order chi connectivity index (χ1) is 6.93. The molecule has 1 rings (SSSR count). The van der Waals surface area contributed by atoms with E-state index in [2.05, 4.69) is 4.98 Å². The van der Waals surface area contributed by atoms with Crippen molar-refractivity contribution in [2.24, 2.45) is 0 Å². The van der Waals surface area contributed by atoms with E-state index in [4.69, 9.17) is 9.47 Å². The zero-order valence-electron chi connectivity index (χ0n) is 8.61. The summed E-state index contributed by atoms with van der Waals surface area (Å²) in [6.07, 6.45) is 3.65. The Morgan fingerprint density at radius 1 is 1.21 bits per heavy atom. The van der Waals surface area contributed by atoms with E-state index in [9.17, 15) is 0 Å². The number of hydrogen-bond acceptors (Lipinski definition) is 3. The third-order valence-electron chi connectivity index (χ3n) is 1.87. The van der Waals surface area contributed by atoms with Crippen LogP contribution in [-0.2, 0) is 15.9 Å². The average Bonchev–Trinajstić information content (AvgIpc) is 2.25. The minimum atomic E-state index is 0.737. The maximum Gasteiger partial charge on any atom is 0.0521 e. The third-order valence-corrected chi connectivity index (χ3v) is 1.87. The first-order valence-electron chi connectivity index (χ1n) is 4.90. The molecule has 0 saturated carbocycles. The van der Waals surface area contributed by atoms with Crippen LogP contribution in [0.15, 0.2) is 24.4 Å². The van der Waals surface area contributed by atoms with E-state index in [0.29, 0.717) is 0 Å². The standard InChI is InChI=1S/C11H17NO2/c1-13-8-4-9-14-10-6-11-5-2-3-7-12-11/h2-3,5,7H,4,6,8-10H2,1H3. The van der Waals surface area contributed by atoms with Crippen molar-refractivity contribution in [2.75, 3.05) is 26.9 Å². The summed E-state index contributed by atoms with van der Waals surface area (Å²) in [6.45, 7) is 2.27. The first-order valence-corrected chi connectivity index (χ1v) is 4.90. The van der Waals surface area contributed by atoms with Crippen LogP contribution in [-0.4, -0.2) is 31.9 Å². The Labute approximate surface area is 85.1 Å². The van der Waals surface area contributed by atoms with Crippen molar-refractivity contribution < 1.29 is 9.47 Å². The Kier molecular flexibility index (Phi) is 5.95. The molecule has 0 N–H and O–H groups in total. The SMILES string of the molecule is COCCCOCCc1ccccn1. The number of rotatable bonds is 7. The minimum absolute atomic E-state index is 0.737. The Hall–Kier alpha value is -0.930. The highest BCUT2D eigenvalue weighted by Crippen LogP contribution is 1.95. The highest BCUT2D eigenvalue weighted by molar-refractivity contribution is 5.03. The van der Waals surface area contributed by atoms with Gasteiger partial charge in [0, 0.05) is 38.6 Å². The van der Waals surface area contributed by atoms with E-state index in [-0.39, 0.29) is 0 Å². The van der Waals surface area contributed by atoms with Crippen molar-refractivity contribution in [2.45, 2.75) is 12.8 Å². The molecule has 0 aliphatic rings. The molecule has 1 heterocycles. The van der Waals surface area contributed by atoms with E-state index < -0.39 is 0 Å². The lowest BCUT2D eigenvalue weighted by Crippen LogP contribution is -2.03. The number of ether oxygens (including phenoxy) is 2. The zero-order valence-corrected chi connectivity index (χ0v) is 8.61. The lowest BCUT2D eigenvalue weighted by atomic mass is 10.3. The first kappa shape index (κ1) is 11.1. The van der Waals surface area contributed by atoms with Gasteiger partial charge in [0.1, 0.15) is 0 Å². The van der Waals surface area contributed by atoms with Crippen molar-refractivity contribution >= 4 is 0 Å². The van der Waals surface area contributed by atoms with Gasteiger partial charge in [0.25, 0.3) is 0 Å². The largest absolute Gasteiger partial charge is 0.385 e. The van der Waals surface area contributed by atoms with Crippen LogP contribution in [0.5, 0.6) is 0 Å². The molecule has 14 heavy (non-hydrogen) atoms. The fourth-order valence-corrected chi connectivity index (χ4v) is 1.13. The van der Waals surface area contributed by atoms with Gasteiger partial charge in [0.15, 0.2) is 0 Å². The van der Waals surface area contributed by atoms with Crippen LogP contribution in [0.25, 0.3) is 0 Å². The molecular weight excluding hydrogens is 178 g/mol. The molecule has 0 unspecified atom stereocenters. The van der Waals surface area contributed by atoms with Gasteiger partial charge in [0.05, 0.1) is 6.61 Å². The maximum atomic E-state index is 5.42. The Morgan fingerprint density at radius 3 is 2.86 bits per heavy atom. The van der Waals surface area contributed by atoms with E-state index in [1.165, 1.54) is 0 Å². The highest BCUT2D eigenvalue weighted by atomic mass is 16.5. The van der Waals surface area contributed by atoms with Gasteiger partial charge in [-0.1, -0.05) is 6.07 Å². The average molecular weight is 195 g/mol. The molecule has 0 aliphatic heterocycles. The second kappa shape index (κ2) is 7.47. The van der Waals surface area contributed by atoms with Gasteiger partial charge in [-0.05, 0) is 18.6 Å². The van der Waals surface area contributed by atoms with Crippen LogP contribution in [0.2, 0.25) is 0 Å². The van der Waals surface area contributed by atoms with Gasteiger partial charge < -0.3 is 9.47 Å². The molecule has 0 atom stereocenters. The van der Waals surface area contributed by atoms with E-state index in [1.807, 2.05) is 18.2 Å². The predicted molar refractivity (Wildman–Crippen MR) is 55.3 cm³/mol. The molecule has 0 bridgehead atoms. The highest BCUT2D eigenvalue weighted by Gasteiger charge is 1.93. The molecule has 0 amide bonds. The van der Waals surface area contributed by atoms with Crippen molar-refractivity contribution in [1.29, 1.82) is 0 Å². The number of nitrogens with zero attached hydrogens (tertiary/aromatic N) is 1. The summed E-state index contributed by atoms with van der Waals surface area (Å²) in [4.78, 5) is 4.21. The Bertz CT molecular complexity index is 226. The van der Waals surface area contributed by atoms with Gasteiger partial charge in [0.2, 0.25) is 0 Å². The smallest absolute Gasteiger partial charge is 0.0521 e. The van der Waals surface area contributed by atoms with Gasteiger partial charge in [-0.25, -0.2) is 0 Å². The summed E-state index contributed by atoms with van der Waals surface area (Å²) < 4.78 is 10.3. The van der Waals surface area contributed by atoms with Gasteiger partial charge in [-0.15, -0.1) is 0 Å². The van der Waals surface area contributed by atoms with Crippen LogP contribution in [0.3, 0.4) is 0 Å². The summed E-state index contributed by atoms with van der Waals surface area (Å²) in [5.41, 5.74) is 1.08. The third kappa shape index (κ3) is 4.94. The van der Waals surface area contributed by atoms with Crippen LogP contribution in [0, 0.1) is 0 Å². The van der Waals surface area contributed by atoms with Gasteiger partial charge >= 0.3 is 0 Å². The molecular formula is C11H17NO2. The molecule has 1 aromatic rings. The lowest BCUT2D eigenvalue weighted by Gasteiger charge is -2.03. The van der Waals surface area contributed by atoms with Crippen LogP contribution in [0.1, 0.15) is 12.1 Å². The molecule has 0 saturated heterocycles. The van der Waals surface area contributed by atoms with E-state index >= 15 is 0 Å². The summed E-state index contributed by atoms with van der Waals surface area (Å²) in [5.74, 6) is 0. The Morgan fingerprint density at radius 2 is 2.14 bits per heavy atom. The number of hydrogen-bond donors (Lipinski definition) is 0. The summed E-state index contributed by atoms with van der Waals surface area (Å²) in [5, 5.41) is 0. The number of aromatic nitrogens is 1. The van der Waals surface area contributed by atoms with E-state index in [1.54, 1.807) is 13.3 Å². The molecule has 0 fully saturated rings. The molecule has 3 nitrogen and oxygen atoms in total. The zero-order chi connectivity index (χ0) is 10.1. The fourth-order valence-electron chi connectivity index (χ4n) is 1.13. The fraction of sp³-hybridized carbons (Fsp3) is 0.545. The van der Waals surface area contributed by atoms with Crippen molar-refractivity contribution in [3.05, 3.63) is 30.1 Å². The minimum Gasteiger partial charge on any atom is -0.385 e. The molecule has 0 radical (unpaired) electrons. The quantitative estimate of drug-likeness (QED) is 0.620. The number of methoxy groups -OCH3 is 1. The van der Waals surface area contributed by atoms with Crippen molar-refractivity contribution in [3.8, 4) is 0 Å². The monoisotopic (exact) mass is 195 g/mol. The topological polar surface area (TPSA) is 31.4 Å².